The molecule has 180 valence electrons. The van der Waals surface area contributed by atoms with Gasteiger partial charge in [-0.3, -0.25) is 4.72 Å². The maximum absolute atomic E-state index is 9.46. The fourth-order valence-electron chi connectivity index (χ4n) is 4.04. The van der Waals surface area contributed by atoms with E-state index in [2.05, 4.69) is 59.5 Å². The second kappa shape index (κ2) is 12.6. The van der Waals surface area contributed by atoms with E-state index in [4.69, 9.17) is 5.11 Å². The summed E-state index contributed by atoms with van der Waals surface area (Å²) in [6.45, 7) is 8.49. The number of hydrogen-bond acceptors (Lipinski definition) is 6. The third-order valence-electron chi connectivity index (χ3n) is 6.02. The Morgan fingerprint density at radius 1 is 1.26 bits per heavy atom. The molecule has 0 saturated carbocycles. The van der Waals surface area contributed by atoms with Crippen LogP contribution in [0.2, 0.25) is 0 Å². The number of hydrogen-bond donors (Lipinski definition) is 3. The predicted molar refractivity (Wildman–Crippen MR) is 142 cm³/mol. The molecular formula is C27H34N4O2S. The number of aliphatic hydroxyl groups excluding tert-OH is 2. The van der Waals surface area contributed by atoms with E-state index in [1.807, 2.05) is 23.7 Å². The molecule has 0 bridgehead atoms. The summed E-state index contributed by atoms with van der Waals surface area (Å²) in [5, 5.41) is 29.9. The summed E-state index contributed by atoms with van der Waals surface area (Å²) in [5.74, 6) is 0. The minimum atomic E-state index is -0.852. The quantitative estimate of drug-likeness (QED) is 0.380. The highest BCUT2D eigenvalue weighted by atomic mass is 32.2. The fourth-order valence-corrected chi connectivity index (χ4v) is 4.69. The van der Waals surface area contributed by atoms with Crippen LogP contribution in [0.4, 0.5) is 0 Å². The van der Waals surface area contributed by atoms with Crippen molar-refractivity contribution in [3.05, 3.63) is 63.1 Å². The van der Waals surface area contributed by atoms with E-state index < -0.39 is 6.10 Å². The molecule has 1 saturated heterocycles. The lowest BCUT2D eigenvalue weighted by Crippen LogP contribution is -2.31. The average molecular weight is 479 g/mol. The smallest absolute Gasteiger partial charge is 0.108 e. The molecule has 1 unspecified atom stereocenters. The number of likely N-dealkylation sites (tertiary alicyclic amines) is 1. The van der Waals surface area contributed by atoms with E-state index in [9.17, 15) is 10.4 Å². The van der Waals surface area contributed by atoms with Gasteiger partial charge in [-0.1, -0.05) is 24.8 Å². The van der Waals surface area contributed by atoms with Crippen LogP contribution in [0.15, 0.2) is 47.0 Å². The third-order valence-corrected chi connectivity index (χ3v) is 6.76. The molecule has 1 aromatic carbocycles. The van der Waals surface area contributed by atoms with Crippen LogP contribution in [0.5, 0.6) is 0 Å². The number of aliphatic hydroxyl groups is 2. The van der Waals surface area contributed by atoms with Crippen LogP contribution in [-0.2, 0) is 7.05 Å². The summed E-state index contributed by atoms with van der Waals surface area (Å²) in [4.78, 5) is 2.92. The minimum absolute atomic E-state index is 0.195. The molecule has 2 heterocycles. The van der Waals surface area contributed by atoms with Gasteiger partial charge in [-0.25, -0.2) is 0 Å². The molecule has 6 nitrogen and oxygen atoms in total. The summed E-state index contributed by atoms with van der Waals surface area (Å²) in [5.41, 5.74) is 4.26. The zero-order valence-electron chi connectivity index (χ0n) is 20.0. The van der Waals surface area contributed by atoms with Crippen molar-refractivity contribution >= 4 is 30.7 Å². The topological polar surface area (TPSA) is 84.5 Å². The molecule has 1 aliphatic rings. The molecule has 1 atom stereocenters. The Kier molecular flexibility index (Phi) is 9.61. The molecular weight excluding hydrogens is 444 g/mol. The van der Waals surface area contributed by atoms with Gasteiger partial charge >= 0.3 is 0 Å². The predicted octanol–water partition coefficient (Wildman–Crippen LogP) is 2.73. The lowest BCUT2D eigenvalue weighted by atomic mass is 10.1. The number of allylic oxidation sites excluding steroid dienone is 3. The van der Waals surface area contributed by atoms with E-state index in [1.54, 1.807) is 6.08 Å². The molecule has 0 radical (unpaired) electrons. The van der Waals surface area contributed by atoms with Crippen molar-refractivity contribution in [1.29, 1.82) is 5.26 Å². The molecule has 3 N–H and O–H groups in total. The van der Waals surface area contributed by atoms with Crippen molar-refractivity contribution in [2.75, 3.05) is 26.2 Å². The van der Waals surface area contributed by atoms with Gasteiger partial charge in [-0.05, 0) is 84.5 Å². The fraction of sp³-hybridized carbons (Fsp3) is 0.370. The van der Waals surface area contributed by atoms with E-state index >= 15 is 0 Å². The summed E-state index contributed by atoms with van der Waals surface area (Å²) < 4.78 is 4.96. The molecule has 34 heavy (non-hydrogen) atoms. The third kappa shape index (κ3) is 6.64. The Morgan fingerprint density at radius 2 is 2.03 bits per heavy atom. The average Bonchev–Trinajstić information content (AvgIpc) is 3.22. The lowest BCUT2D eigenvalue weighted by molar-refractivity contribution is 0.0994. The number of benzene rings is 1. The monoisotopic (exact) mass is 478 g/mol. The van der Waals surface area contributed by atoms with Gasteiger partial charge in [0.2, 0.25) is 0 Å². The number of nitrogens with zero attached hydrogens (tertiary/aromatic N) is 3. The summed E-state index contributed by atoms with van der Waals surface area (Å²) in [6.07, 6.45) is 9.17. The van der Waals surface area contributed by atoms with Crippen molar-refractivity contribution in [2.45, 2.75) is 32.3 Å². The Morgan fingerprint density at radius 3 is 2.68 bits per heavy atom. The van der Waals surface area contributed by atoms with Gasteiger partial charge in [0.25, 0.3) is 0 Å². The second-order valence-electron chi connectivity index (χ2n) is 8.43. The Labute approximate surface area is 206 Å². The van der Waals surface area contributed by atoms with Gasteiger partial charge in [-0.15, -0.1) is 0 Å². The highest BCUT2D eigenvalue weighted by molar-refractivity contribution is 8.01. The number of nitriles is 1. The summed E-state index contributed by atoms with van der Waals surface area (Å²) in [7, 11) is 1.97. The number of nitrogens with one attached hydrogen (secondary N) is 1. The Bertz CT molecular complexity index is 1190. The van der Waals surface area contributed by atoms with E-state index in [0.717, 1.165) is 52.4 Å². The molecule has 0 aliphatic carbocycles. The van der Waals surface area contributed by atoms with Crippen molar-refractivity contribution in [3.63, 3.8) is 0 Å². The SMILES string of the molecule is C=c1cc(-c2ccc(/C=C(\C#N)SNCC(O)CO)n2C)cc/c1=C/C(=C\C)N1CCCCC1. The van der Waals surface area contributed by atoms with Crippen LogP contribution in [0.1, 0.15) is 31.9 Å². The van der Waals surface area contributed by atoms with E-state index in [1.165, 1.54) is 25.0 Å². The zero-order valence-corrected chi connectivity index (χ0v) is 20.8. The van der Waals surface area contributed by atoms with Crippen molar-refractivity contribution in [1.82, 2.24) is 14.2 Å². The molecule has 7 heteroatoms. The first-order valence-electron chi connectivity index (χ1n) is 11.6. The Hall–Kier alpha value is -2.76. The zero-order chi connectivity index (χ0) is 24.5. The van der Waals surface area contributed by atoms with Crippen LogP contribution in [0.3, 0.4) is 0 Å². The number of aromatic nitrogens is 1. The lowest BCUT2D eigenvalue weighted by Gasteiger charge is -2.29. The van der Waals surface area contributed by atoms with Gasteiger partial charge in [-0.2, -0.15) is 5.26 Å². The normalized spacial score (nSPS) is 16.6. The minimum Gasteiger partial charge on any atom is -0.394 e. The molecule has 1 fully saturated rings. The maximum atomic E-state index is 9.46. The van der Waals surface area contributed by atoms with Crippen LogP contribution in [-0.4, -0.2) is 52.0 Å². The van der Waals surface area contributed by atoms with Crippen LogP contribution in [0.25, 0.3) is 30.0 Å². The van der Waals surface area contributed by atoms with Gasteiger partial charge in [0.15, 0.2) is 0 Å². The molecule has 0 amide bonds. The maximum Gasteiger partial charge on any atom is 0.108 e. The van der Waals surface area contributed by atoms with E-state index in [-0.39, 0.29) is 13.2 Å². The van der Waals surface area contributed by atoms with Crippen LogP contribution < -0.4 is 15.2 Å². The number of rotatable bonds is 9. The first kappa shape index (κ1) is 25.9. The van der Waals surface area contributed by atoms with Gasteiger partial charge in [0, 0.05) is 43.8 Å². The largest absolute Gasteiger partial charge is 0.394 e. The highest BCUT2D eigenvalue weighted by Crippen LogP contribution is 2.23. The van der Waals surface area contributed by atoms with Crippen molar-refractivity contribution < 1.29 is 10.2 Å². The summed E-state index contributed by atoms with van der Waals surface area (Å²) in [6, 6.07) is 12.5. The van der Waals surface area contributed by atoms with Gasteiger partial charge in [0.05, 0.1) is 12.7 Å². The van der Waals surface area contributed by atoms with Crippen molar-refractivity contribution in [2.24, 2.45) is 7.05 Å². The van der Waals surface area contributed by atoms with Crippen molar-refractivity contribution in [3.8, 4) is 17.3 Å². The Balaban J connectivity index is 1.80. The van der Waals surface area contributed by atoms with Crippen LogP contribution >= 0.6 is 11.9 Å². The molecule has 3 rings (SSSR count). The molecule has 1 aromatic heterocycles. The first-order chi connectivity index (χ1) is 16.5. The van der Waals surface area contributed by atoms with Gasteiger partial charge in [0.1, 0.15) is 11.0 Å². The molecule has 2 aromatic rings. The standard InChI is InChI=1S/C27H34N4O2S/c1-4-23(31-12-6-5-7-13-31)15-21-8-9-22(14-20(21)2)27-11-10-24(30(27)3)16-26(17-28)34-29-18-25(33)19-32/h4,8-11,14-16,25,29,32-33H,2,5-7,12-13,18-19H2,1,3H3/b21-15-,23-4+,26-16+. The number of piperidine rings is 1. The highest BCUT2D eigenvalue weighted by Gasteiger charge is 2.11. The van der Waals surface area contributed by atoms with E-state index in [0.29, 0.717) is 4.91 Å². The summed E-state index contributed by atoms with van der Waals surface area (Å²) >= 11 is 1.14. The second-order valence-corrected chi connectivity index (χ2v) is 9.36. The molecule has 1 aliphatic heterocycles. The van der Waals surface area contributed by atoms with Gasteiger partial charge < -0.3 is 19.7 Å². The molecule has 0 spiro atoms. The van der Waals surface area contributed by atoms with Crippen LogP contribution in [0, 0.1) is 11.3 Å². The first-order valence-corrected chi connectivity index (χ1v) is 12.5.